The van der Waals surface area contributed by atoms with Crippen molar-refractivity contribution >= 4 is 11.6 Å². The lowest BCUT2D eigenvalue weighted by molar-refractivity contribution is -0.141. The number of hydrogen-bond acceptors (Lipinski definition) is 3. The van der Waals surface area contributed by atoms with Gasteiger partial charge in [-0.25, -0.2) is 4.98 Å². The van der Waals surface area contributed by atoms with Crippen LogP contribution in [0.15, 0.2) is 24.4 Å². The van der Waals surface area contributed by atoms with E-state index in [1.54, 1.807) is 25.2 Å². The van der Waals surface area contributed by atoms with Crippen LogP contribution in [-0.4, -0.2) is 22.5 Å². The number of aromatic nitrogens is 2. The van der Waals surface area contributed by atoms with Gasteiger partial charge in [-0.05, 0) is 24.7 Å². The fraction of sp³-hybridized carbons (Fsp3) is 0.286. The third kappa shape index (κ3) is 2.57. The molecule has 8 heteroatoms. The summed E-state index contributed by atoms with van der Waals surface area (Å²) in [4.78, 5) is 15.5. The Morgan fingerprint density at radius 3 is 2.86 bits per heavy atom. The molecule has 1 aliphatic heterocycles. The Morgan fingerprint density at radius 1 is 1.41 bits per heavy atom. The zero-order valence-electron chi connectivity index (χ0n) is 11.7. The summed E-state index contributed by atoms with van der Waals surface area (Å²) < 4.78 is 39.7. The molecule has 0 saturated heterocycles. The van der Waals surface area contributed by atoms with Gasteiger partial charge in [-0.2, -0.15) is 13.2 Å². The average Bonchev–Trinajstić information content (AvgIpc) is 2.78. The first-order chi connectivity index (χ1) is 10.4. The van der Waals surface area contributed by atoms with Crippen molar-refractivity contribution < 1.29 is 18.0 Å². The number of anilines is 1. The fourth-order valence-electron chi connectivity index (χ4n) is 2.44. The zero-order valence-corrected chi connectivity index (χ0v) is 11.7. The van der Waals surface area contributed by atoms with Crippen LogP contribution in [0.3, 0.4) is 0 Å². The van der Waals surface area contributed by atoms with Gasteiger partial charge in [-0.15, -0.1) is 0 Å². The van der Waals surface area contributed by atoms with Crippen LogP contribution in [0.2, 0.25) is 0 Å². The number of imidazole rings is 1. The number of alkyl halides is 3. The van der Waals surface area contributed by atoms with Gasteiger partial charge in [-0.1, -0.05) is 6.07 Å². The number of benzene rings is 1. The lowest BCUT2D eigenvalue weighted by atomic mass is 10.1. The van der Waals surface area contributed by atoms with Crippen molar-refractivity contribution in [1.29, 1.82) is 0 Å². The molecule has 0 fully saturated rings. The summed E-state index contributed by atoms with van der Waals surface area (Å²) in [6.45, 7) is 0.389. The van der Waals surface area contributed by atoms with Crippen molar-refractivity contribution in [1.82, 2.24) is 14.9 Å². The van der Waals surface area contributed by atoms with Crippen molar-refractivity contribution in [3.63, 3.8) is 0 Å². The number of fused-ring (bicyclic) bond motifs is 3. The van der Waals surface area contributed by atoms with Crippen LogP contribution < -0.4 is 10.6 Å². The normalized spacial score (nSPS) is 14.1. The standard InChI is InChI=1S/C14H13F3N4O/c1-18-5-8-2-3-9-10(4-8)19-12(22)7-21-6-11(14(15,16)17)20-13(9)21/h2-4,6,18H,5,7H2,1H3,(H,19,22). The molecule has 2 N–H and O–H groups in total. The van der Waals surface area contributed by atoms with Crippen molar-refractivity contribution in [3.8, 4) is 11.4 Å². The molecule has 0 spiro atoms. The second kappa shape index (κ2) is 5.13. The summed E-state index contributed by atoms with van der Waals surface area (Å²) in [7, 11) is 1.78. The molecule has 5 nitrogen and oxygen atoms in total. The quantitative estimate of drug-likeness (QED) is 0.894. The van der Waals surface area contributed by atoms with Crippen molar-refractivity contribution in [2.75, 3.05) is 12.4 Å². The molecule has 22 heavy (non-hydrogen) atoms. The summed E-state index contributed by atoms with van der Waals surface area (Å²) in [5.74, 6) is -0.246. The van der Waals surface area contributed by atoms with E-state index in [0.717, 1.165) is 11.8 Å². The van der Waals surface area contributed by atoms with Crippen LogP contribution in [0.5, 0.6) is 0 Å². The molecule has 2 aromatic rings. The minimum Gasteiger partial charge on any atom is -0.324 e. The molecule has 1 aliphatic rings. The highest BCUT2D eigenvalue weighted by Crippen LogP contribution is 2.35. The van der Waals surface area contributed by atoms with E-state index in [1.165, 1.54) is 4.57 Å². The molecule has 1 aromatic heterocycles. The number of carbonyl (C=O) groups excluding carboxylic acids is 1. The Labute approximate surface area is 124 Å². The van der Waals surface area contributed by atoms with E-state index >= 15 is 0 Å². The largest absolute Gasteiger partial charge is 0.434 e. The van der Waals surface area contributed by atoms with E-state index in [9.17, 15) is 18.0 Å². The maximum atomic E-state index is 12.8. The first-order valence-electron chi connectivity index (χ1n) is 6.60. The van der Waals surface area contributed by atoms with Gasteiger partial charge in [0.25, 0.3) is 0 Å². The summed E-state index contributed by atoms with van der Waals surface area (Å²) in [6, 6.07) is 5.20. The highest BCUT2D eigenvalue weighted by Gasteiger charge is 2.36. The molecule has 1 aromatic carbocycles. The van der Waals surface area contributed by atoms with Crippen molar-refractivity contribution in [2.45, 2.75) is 19.3 Å². The molecule has 116 valence electrons. The topological polar surface area (TPSA) is 58.9 Å². The maximum Gasteiger partial charge on any atom is 0.434 e. The highest BCUT2D eigenvalue weighted by atomic mass is 19.4. The number of rotatable bonds is 2. The van der Waals surface area contributed by atoms with E-state index in [4.69, 9.17) is 0 Å². The third-order valence-corrected chi connectivity index (χ3v) is 3.36. The number of nitrogens with one attached hydrogen (secondary N) is 2. The van der Waals surface area contributed by atoms with Gasteiger partial charge in [-0.3, -0.25) is 4.79 Å². The molecule has 1 amide bonds. The number of carbonyl (C=O) groups is 1. The number of nitrogens with zero attached hydrogens (tertiary/aromatic N) is 2. The Hall–Kier alpha value is -2.35. The third-order valence-electron chi connectivity index (χ3n) is 3.36. The van der Waals surface area contributed by atoms with Crippen molar-refractivity contribution in [2.24, 2.45) is 0 Å². The van der Waals surface area contributed by atoms with Gasteiger partial charge in [0.1, 0.15) is 12.4 Å². The summed E-state index contributed by atoms with van der Waals surface area (Å²) in [6.07, 6.45) is -3.67. The molecular weight excluding hydrogens is 297 g/mol. The van der Waals surface area contributed by atoms with Gasteiger partial charge < -0.3 is 15.2 Å². The Bertz CT molecular complexity index is 736. The van der Waals surface area contributed by atoms with Gasteiger partial charge in [0.05, 0.1) is 5.69 Å². The van der Waals surface area contributed by atoms with Crippen molar-refractivity contribution in [3.05, 3.63) is 35.7 Å². The molecule has 3 rings (SSSR count). The van der Waals surface area contributed by atoms with Crippen LogP contribution in [-0.2, 0) is 24.1 Å². The predicted molar refractivity (Wildman–Crippen MR) is 74.1 cm³/mol. The van der Waals surface area contributed by atoms with E-state index < -0.39 is 11.9 Å². The fourth-order valence-corrected chi connectivity index (χ4v) is 2.44. The van der Waals surface area contributed by atoms with E-state index in [2.05, 4.69) is 15.6 Å². The Kier molecular flexibility index (Phi) is 3.40. The lowest BCUT2D eigenvalue weighted by Crippen LogP contribution is -2.16. The molecule has 0 unspecified atom stereocenters. The van der Waals surface area contributed by atoms with Crippen LogP contribution >= 0.6 is 0 Å². The number of halogens is 3. The summed E-state index contributed by atoms with van der Waals surface area (Å²) in [5, 5.41) is 5.68. The molecule has 0 radical (unpaired) electrons. The lowest BCUT2D eigenvalue weighted by Gasteiger charge is -2.09. The van der Waals surface area contributed by atoms with E-state index in [-0.39, 0.29) is 18.3 Å². The minimum atomic E-state index is -4.54. The molecular formula is C14H13F3N4O. The first kappa shape index (κ1) is 14.6. The van der Waals surface area contributed by atoms with Gasteiger partial charge in [0, 0.05) is 18.3 Å². The first-order valence-corrected chi connectivity index (χ1v) is 6.60. The molecule has 0 aliphatic carbocycles. The molecule has 0 bridgehead atoms. The highest BCUT2D eigenvalue weighted by molar-refractivity contribution is 5.96. The van der Waals surface area contributed by atoms with E-state index in [1.807, 2.05) is 0 Å². The molecule has 0 saturated carbocycles. The Morgan fingerprint density at radius 2 is 2.18 bits per heavy atom. The van der Waals surface area contributed by atoms with E-state index in [0.29, 0.717) is 17.8 Å². The van der Waals surface area contributed by atoms with Gasteiger partial charge in [0.2, 0.25) is 5.91 Å². The van der Waals surface area contributed by atoms with Gasteiger partial charge in [0.15, 0.2) is 5.69 Å². The summed E-state index contributed by atoms with van der Waals surface area (Å²) >= 11 is 0. The predicted octanol–water partition coefficient (Wildman–Crippen LogP) is 2.24. The number of hydrogen-bond donors (Lipinski definition) is 2. The summed E-state index contributed by atoms with van der Waals surface area (Å²) in [5.41, 5.74) is 0.858. The monoisotopic (exact) mass is 310 g/mol. The van der Waals surface area contributed by atoms with Gasteiger partial charge >= 0.3 is 6.18 Å². The smallest absolute Gasteiger partial charge is 0.324 e. The molecule has 2 heterocycles. The average molecular weight is 310 g/mol. The Balaban J connectivity index is 2.14. The SMILES string of the molecule is CNCc1ccc2c(c1)NC(=O)Cn1cc(C(F)(F)F)nc1-2. The van der Waals surface area contributed by atoms with Crippen LogP contribution in [0, 0.1) is 0 Å². The maximum absolute atomic E-state index is 12.8. The van der Waals surface area contributed by atoms with Crippen LogP contribution in [0.25, 0.3) is 11.4 Å². The zero-order chi connectivity index (χ0) is 15.9. The minimum absolute atomic E-state index is 0.136. The second-order valence-electron chi connectivity index (χ2n) is 5.03. The second-order valence-corrected chi connectivity index (χ2v) is 5.03. The van der Waals surface area contributed by atoms with Crippen LogP contribution in [0.4, 0.5) is 18.9 Å². The molecule has 0 atom stereocenters. The van der Waals surface area contributed by atoms with Crippen LogP contribution in [0.1, 0.15) is 11.3 Å². The number of amides is 1.